The third kappa shape index (κ3) is 1.79. The van der Waals surface area contributed by atoms with Crippen LogP contribution in [-0.4, -0.2) is 27.2 Å². The van der Waals surface area contributed by atoms with Crippen molar-refractivity contribution in [2.75, 3.05) is 0 Å². The predicted octanol–water partition coefficient (Wildman–Crippen LogP) is -0.412. The minimum atomic E-state index is -1.31. The van der Waals surface area contributed by atoms with E-state index in [0.717, 1.165) is 0 Å². The molecular weight excluding hydrogens is 180 g/mol. The maximum atomic E-state index is 10.3. The van der Waals surface area contributed by atoms with Gasteiger partial charge < -0.3 is 15.9 Å². The van der Waals surface area contributed by atoms with Gasteiger partial charge >= 0.3 is 5.97 Å². The number of aliphatic hydroxyl groups is 1. The van der Waals surface area contributed by atoms with Gasteiger partial charge in [-0.25, -0.2) is 4.98 Å². The Hall–Kier alpha value is -0.980. The van der Waals surface area contributed by atoms with E-state index in [0.29, 0.717) is 5.01 Å². The van der Waals surface area contributed by atoms with E-state index in [1.165, 1.54) is 17.5 Å². The van der Waals surface area contributed by atoms with Gasteiger partial charge in [0.25, 0.3) is 0 Å². The van der Waals surface area contributed by atoms with E-state index in [4.69, 9.17) is 10.8 Å². The number of thiazole rings is 1. The number of hydrogen-bond acceptors (Lipinski definition) is 5. The predicted molar refractivity (Wildman–Crippen MR) is 42.7 cm³/mol. The van der Waals surface area contributed by atoms with Crippen molar-refractivity contribution in [1.29, 1.82) is 0 Å². The molecule has 1 aromatic rings. The Balaban J connectivity index is 2.71. The van der Waals surface area contributed by atoms with Crippen LogP contribution in [0.2, 0.25) is 0 Å². The second-order valence-electron chi connectivity index (χ2n) is 2.18. The summed E-state index contributed by atoms with van der Waals surface area (Å²) in [4.78, 5) is 14.1. The van der Waals surface area contributed by atoms with Gasteiger partial charge in [0.05, 0.1) is 0 Å². The smallest absolute Gasteiger partial charge is 0.323 e. The highest BCUT2D eigenvalue weighted by Gasteiger charge is 2.25. The van der Waals surface area contributed by atoms with Gasteiger partial charge in [0.15, 0.2) is 0 Å². The molecule has 0 spiro atoms. The summed E-state index contributed by atoms with van der Waals surface area (Å²) >= 11 is 1.17. The molecule has 0 bridgehead atoms. The third-order valence-electron chi connectivity index (χ3n) is 1.33. The van der Waals surface area contributed by atoms with E-state index in [1.807, 2.05) is 0 Å². The quantitative estimate of drug-likeness (QED) is 0.599. The van der Waals surface area contributed by atoms with Gasteiger partial charge in [0, 0.05) is 11.6 Å². The lowest BCUT2D eigenvalue weighted by molar-refractivity contribution is -0.141. The summed E-state index contributed by atoms with van der Waals surface area (Å²) in [6.07, 6.45) is 0.264. The van der Waals surface area contributed by atoms with Crippen LogP contribution >= 0.6 is 11.3 Å². The Bertz CT molecular complexity index is 262. The molecule has 0 fully saturated rings. The fourth-order valence-corrected chi connectivity index (χ4v) is 1.34. The monoisotopic (exact) mass is 188 g/mol. The number of carboxylic acid groups (broad SMARTS) is 1. The number of carbonyl (C=O) groups is 1. The molecule has 0 aromatic carbocycles. The molecule has 0 radical (unpaired) electrons. The van der Waals surface area contributed by atoms with Crippen molar-refractivity contribution in [3.63, 3.8) is 0 Å². The van der Waals surface area contributed by atoms with Crippen molar-refractivity contribution >= 4 is 17.3 Å². The first kappa shape index (κ1) is 9.11. The first-order valence-electron chi connectivity index (χ1n) is 3.18. The SMILES string of the molecule is NC(C(=O)O)C(O)c1nccs1. The van der Waals surface area contributed by atoms with Crippen molar-refractivity contribution in [2.45, 2.75) is 12.1 Å². The number of rotatable bonds is 3. The number of nitrogens with zero attached hydrogens (tertiary/aromatic N) is 1. The lowest BCUT2D eigenvalue weighted by atomic mass is 10.2. The van der Waals surface area contributed by atoms with Crippen LogP contribution in [0.3, 0.4) is 0 Å². The van der Waals surface area contributed by atoms with Gasteiger partial charge in [-0.2, -0.15) is 0 Å². The van der Waals surface area contributed by atoms with Crippen molar-refractivity contribution in [3.05, 3.63) is 16.6 Å². The molecule has 6 heteroatoms. The zero-order chi connectivity index (χ0) is 9.14. The highest BCUT2D eigenvalue weighted by Crippen LogP contribution is 2.17. The Labute approximate surface area is 72.5 Å². The summed E-state index contributed by atoms with van der Waals surface area (Å²) in [6.45, 7) is 0. The number of aliphatic carboxylic acids is 1. The molecule has 5 nitrogen and oxygen atoms in total. The summed E-state index contributed by atoms with van der Waals surface area (Å²) in [6, 6.07) is -1.31. The van der Waals surface area contributed by atoms with Crippen LogP contribution in [0, 0.1) is 0 Å². The number of hydrogen-bond donors (Lipinski definition) is 3. The van der Waals surface area contributed by atoms with Gasteiger partial charge in [0.2, 0.25) is 0 Å². The van der Waals surface area contributed by atoms with E-state index in [1.54, 1.807) is 5.38 Å². The molecule has 0 amide bonds. The lowest BCUT2D eigenvalue weighted by Gasteiger charge is -2.11. The van der Waals surface area contributed by atoms with Crippen molar-refractivity contribution in [1.82, 2.24) is 4.98 Å². The van der Waals surface area contributed by atoms with E-state index < -0.39 is 18.1 Å². The topological polar surface area (TPSA) is 96.4 Å². The van der Waals surface area contributed by atoms with Crippen LogP contribution < -0.4 is 5.73 Å². The van der Waals surface area contributed by atoms with Crippen LogP contribution in [0.5, 0.6) is 0 Å². The summed E-state index contributed by atoms with van der Waals surface area (Å²) in [5.41, 5.74) is 5.17. The van der Waals surface area contributed by atoms with Crippen LogP contribution in [0.4, 0.5) is 0 Å². The van der Waals surface area contributed by atoms with Gasteiger partial charge in [-0.05, 0) is 0 Å². The molecule has 0 aliphatic carbocycles. The zero-order valence-electron chi connectivity index (χ0n) is 6.04. The standard InChI is InChI=1S/C6H8N2O3S/c7-3(6(10)11)4(9)5-8-1-2-12-5/h1-4,9H,7H2,(H,10,11). The van der Waals surface area contributed by atoms with E-state index in [2.05, 4.69) is 4.98 Å². The van der Waals surface area contributed by atoms with Gasteiger partial charge in [0.1, 0.15) is 17.2 Å². The molecule has 12 heavy (non-hydrogen) atoms. The fraction of sp³-hybridized carbons (Fsp3) is 0.333. The Morgan fingerprint density at radius 2 is 2.42 bits per heavy atom. The Kier molecular flexibility index (Phi) is 2.74. The highest BCUT2D eigenvalue weighted by molar-refractivity contribution is 7.09. The molecule has 0 aliphatic heterocycles. The maximum Gasteiger partial charge on any atom is 0.323 e. The van der Waals surface area contributed by atoms with E-state index in [-0.39, 0.29) is 0 Å². The molecule has 2 unspecified atom stereocenters. The van der Waals surface area contributed by atoms with Crippen LogP contribution in [-0.2, 0) is 4.79 Å². The second kappa shape index (κ2) is 3.61. The Morgan fingerprint density at radius 1 is 1.75 bits per heavy atom. The van der Waals surface area contributed by atoms with Crippen LogP contribution in [0.15, 0.2) is 11.6 Å². The van der Waals surface area contributed by atoms with Crippen molar-refractivity contribution in [2.24, 2.45) is 5.73 Å². The second-order valence-corrected chi connectivity index (χ2v) is 3.11. The normalized spacial score (nSPS) is 15.5. The summed E-state index contributed by atoms with van der Waals surface area (Å²) in [5.74, 6) is -1.24. The maximum absolute atomic E-state index is 10.3. The number of nitrogens with two attached hydrogens (primary N) is 1. The van der Waals surface area contributed by atoms with Gasteiger partial charge in [-0.1, -0.05) is 0 Å². The van der Waals surface area contributed by atoms with E-state index >= 15 is 0 Å². The lowest BCUT2D eigenvalue weighted by Crippen LogP contribution is -2.36. The first-order valence-corrected chi connectivity index (χ1v) is 4.06. The third-order valence-corrected chi connectivity index (χ3v) is 2.18. The van der Waals surface area contributed by atoms with Gasteiger partial charge in [-0.3, -0.25) is 4.79 Å². The van der Waals surface area contributed by atoms with Crippen molar-refractivity contribution < 1.29 is 15.0 Å². The zero-order valence-corrected chi connectivity index (χ0v) is 6.86. The van der Waals surface area contributed by atoms with Crippen LogP contribution in [0.25, 0.3) is 0 Å². The average Bonchev–Trinajstić information content (AvgIpc) is 2.53. The average molecular weight is 188 g/mol. The molecule has 4 N–H and O–H groups in total. The van der Waals surface area contributed by atoms with E-state index in [9.17, 15) is 9.90 Å². The number of aromatic nitrogens is 1. The van der Waals surface area contributed by atoms with Crippen molar-refractivity contribution in [3.8, 4) is 0 Å². The molecule has 0 saturated carbocycles. The molecule has 1 rings (SSSR count). The first-order chi connectivity index (χ1) is 5.63. The minimum absolute atomic E-state index is 0.324. The summed E-state index contributed by atoms with van der Waals surface area (Å²) in [5, 5.41) is 19.7. The Morgan fingerprint density at radius 3 is 2.83 bits per heavy atom. The van der Waals surface area contributed by atoms with Gasteiger partial charge in [-0.15, -0.1) is 11.3 Å². The molecule has 1 heterocycles. The summed E-state index contributed by atoms with van der Waals surface area (Å²) in [7, 11) is 0. The molecule has 66 valence electrons. The molecule has 0 aliphatic rings. The number of aliphatic hydroxyl groups excluding tert-OH is 1. The molecule has 1 aromatic heterocycles. The highest BCUT2D eigenvalue weighted by atomic mass is 32.1. The fourth-order valence-electron chi connectivity index (χ4n) is 0.669. The molecular formula is C6H8N2O3S. The largest absolute Gasteiger partial charge is 0.480 e. The number of carboxylic acids is 1. The summed E-state index contributed by atoms with van der Waals surface area (Å²) < 4.78 is 0. The minimum Gasteiger partial charge on any atom is -0.480 e. The van der Waals surface area contributed by atoms with Crippen LogP contribution in [0.1, 0.15) is 11.1 Å². The molecule has 0 saturated heterocycles. The molecule has 2 atom stereocenters.